The summed E-state index contributed by atoms with van der Waals surface area (Å²) in [4.78, 5) is 4.47. The summed E-state index contributed by atoms with van der Waals surface area (Å²) in [6, 6.07) is 10.3. The molecule has 1 N–H and O–H groups in total. The molecule has 1 aromatic heterocycles. The summed E-state index contributed by atoms with van der Waals surface area (Å²) in [5, 5.41) is 4.25. The molecule has 0 spiro atoms. The highest BCUT2D eigenvalue weighted by Gasteiger charge is 2.00. The molecule has 2 aromatic rings. The Morgan fingerprint density at radius 1 is 1.31 bits per heavy atom. The van der Waals surface area contributed by atoms with Gasteiger partial charge in [0, 0.05) is 12.4 Å². The lowest BCUT2D eigenvalue weighted by Crippen LogP contribution is -1.95. The zero-order valence-electron chi connectivity index (χ0n) is 7.21. The van der Waals surface area contributed by atoms with E-state index in [9.17, 15) is 0 Å². The van der Waals surface area contributed by atoms with E-state index in [2.05, 4.69) is 45.0 Å². The maximum absolute atomic E-state index is 4.47. The predicted molar refractivity (Wildman–Crippen MR) is 64.0 cm³/mol. The van der Waals surface area contributed by atoms with Crippen LogP contribution in [0, 0.1) is 3.57 Å². The molecule has 13 heavy (non-hydrogen) atoms. The van der Waals surface area contributed by atoms with Gasteiger partial charge in [-0.25, -0.2) is 4.98 Å². The predicted octanol–water partition coefficient (Wildman–Crippen LogP) is 2.88. The minimum Gasteiger partial charge on any atom is -0.372 e. The Balaban J connectivity index is 2.74. The van der Waals surface area contributed by atoms with Crippen molar-refractivity contribution in [3.63, 3.8) is 0 Å². The van der Waals surface area contributed by atoms with Crippen molar-refractivity contribution >= 4 is 39.3 Å². The Morgan fingerprint density at radius 2 is 2.08 bits per heavy atom. The van der Waals surface area contributed by atoms with E-state index < -0.39 is 0 Å². The number of anilines is 1. The van der Waals surface area contributed by atoms with E-state index in [0.29, 0.717) is 0 Å². The van der Waals surface area contributed by atoms with Crippen LogP contribution in [0.1, 0.15) is 0 Å². The summed E-state index contributed by atoms with van der Waals surface area (Å²) < 4.78 is 1.15. The molecule has 0 radical (unpaired) electrons. The van der Waals surface area contributed by atoms with E-state index in [-0.39, 0.29) is 0 Å². The van der Waals surface area contributed by atoms with Gasteiger partial charge in [-0.1, -0.05) is 18.2 Å². The van der Waals surface area contributed by atoms with Gasteiger partial charge in [-0.3, -0.25) is 0 Å². The number of benzene rings is 1. The Morgan fingerprint density at radius 3 is 2.85 bits per heavy atom. The van der Waals surface area contributed by atoms with E-state index in [1.165, 1.54) is 5.39 Å². The van der Waals surface area contributed by atoms with E-state index in [4.69, 9.17) is 0 Å². The van der Waals surface area contributed by atoms with Crippen molar-refractivity contribution in [3.05, 3.63) is 33.9 Å². The van der Waals surface area contributed by atoms with Crippen LogP contribution in [0.3, 0.4) is 0 Å². The third kappa shape index (κ3) is 1.60. The number of pyridine rings is 1. The smallest absolute Gasteiger partial charge is 0.139 e. The highest BCUT2D eigenvalue weighted by Crippen LogP contribution is 2.21. The van der Waals surface area contributed by atoms with Crippen molar-refractivity contribution in [2.24, 2.45) is 0 Å². The maximum Gasteiger partial charge on any atom is 0.139 e. The lowest BCUT2D eigenvalue weighted by atomic mass is 10.2. The molecule has 1 heterocycles. The van der Waals surface area contributed by atoms with Crippen LogP contribution in [0.2, 0.25) is 0 Å². The van der Waals surface area contributed by atoms with Crippen LogP contribution in [0.15, 0.2) is 30.3 Å². The molecule has 0 amide bonds. The monoisotopic (exact) mass is 284 g/mol. The molecule has 1 aromatic carbocycles. The third-order valence-electron chi connectivity index (χ3n) is 1.91. The molecule has 0 aliphatic carbocycles. The van der Waals surface area contributed by atoms with Gasteiger partial charge in [0.25, 0.3) is 0 Å². The lowest BCUT2D eigenvalue weighted by Gasteiger charge is -2.04. The van der Waals surface area contributed by atoms with Crippen LogP contribution in [-0.4, -0.2) is 12.0 Å². The average molecular weight is 284 g/mol. The molecule has 2 nitrogen and oxygen atoms in total. The SMILES string of the molecule is CNc1nc2ccccc2cc1I. The molecular formula is C10H9IN2. The van der Waals surface area contributed by atoms with E-state index in [1.807, 2.05) is 25.2 Å². The normalized spacial score (nSPS) is 10.3. The molecule has 0 aliphatic rings. The van der Waals surface area contributed by atoms with Crippen LogP contribution in [0.4, 0.5) is 5.82 Å². The number of para-hydroxylation sites is 1. The molecule has 0 bridgehead atoms. The van der Waals surface area contributed by atoms with Gasteiger partial charge in [0.05, 0.1) is 9.09 Å². The number of nitrogens with zero attached hydrogens (tertiary/aromatic N) is 1. The summed E-state index contributed by atoms with van der Waals surface area (Å²) in [6.07, 6.45) is 0. The first-order valence-electron chi connectivity index (χ1n) is 4.04. The summed E-state index contributed by atoms with van der Waals surface area (Å²) >= 11 is 2.28. The Labute approximate surface area is 90.5 Å². The second-order valence-electron chi connectivity index (χ2n) is 2.76. The molecule has 0 saturated heterocycles. The van der Waals surface area contributed by atoms with Crippen LogP contribution < -0.4 is 5.32 Å². The lowest BCUT2D eigenvalue weighted by molar-refractivity contribution is 1.32. The van der Waals surface area contributed by atoms with Crippen molar-refractivity contribution in [3.8, 4) is 0 Å². The maximum atomic E-state index is 4.47. The van der Waals surface area contributed by atoms with E-state index in [0.717, 1.165) is 14.9 Å². The fourth-order valence-electron chi connectivity index (χ4n) is 1.27. The van der Waals surface area contributed by atoms with Gasteiger partial charge in [-0.15, -0.1) is 0 Å². The molecule has 0 fully saturated rings. The number of hydrogen-bond acceptors (Lipinski definition) is 2. The standard InChI is InChI=1S/C10H9IN2/c1-12-10-8(11)6-7-4-2-3-5-9(7)13-10/h2-6H,1H3,(H,12,13). The molecular weight excluding hydrogens is 275 g/mol. The molecule has 0 unspecified atom stereocenters. The first-order valence-corrected chi connectivity index (χ1v) is 5.12. The number of fused-ring (bicyclic) bond motifs is 1. The van der Waals surface area contributed by atoms with Crippen molar-refractivity contribution in [2.45, 2.75) is 0 Å². The van der Waals surface area contributed by atoms with Gasteiger partial charge >= 0.3 is 0 Å². The minimum absolute atomic E-state index is 0.944. The number of hydrogen-bond donors (Lipinski definition) is 1. The van der Waals surface area contributed by atoms with Crippen LogP contribution in [0.5, 0.6) is 0 Å². The minimum atomic E-state index is 0.944. The highest BCUT2D eigenvalue weighted by molar-refractivity contribution is 14.1. The largest absolute Gasteiger partial charge is 0.372 e. The van der Waals surface area contributed by atoms with Crippen molar-refractivity contribution < 1.29 is 0 Å². The zero-order chi connectivity index (χ0) is 9.26. The topological polar surface area (TPSA) is 24.9 Å². The fourth-order valence-corrected chi connectivity index (χ4v) is 1.99. The third-order valence-corrected chi connectivity index (χ3v) is 2.74. The summed E-state index contributed by atoms with van der Waals surface area (Å²) in [5.74, 6) is 0.944. The van der Waals surface area contributed by atoms with E-state index >= 15 is 0 Å². The second-order valence-corrected chi connectivity index (χ2v) is 3.92. The Hall–Kier alpha value is -0.840. The van der Waals surface area contributed by atoms with Gasteiger partial charge in [0.1, 0.15) is 5.82 Å². The molecule has 3 heteroatoms. The number of aromatic nitrogens is 1. The molecule has 0 saturated carbocycles. The Kier molecular flexibility index (Phi) is 2.35. The zero-order valence-corrected chi connectivity index (χ0v) is 9.37. The Bertz CT molecular complexity index is 440. The fraction of sp³-hybridized carbons (Fsp3) is 0.100. The van der Waals surface area contributed by atoms with Gasteiger partial charge in [0.15, 0.2) is 0 Å². The quantitative estimate of drug-likeness (QED) is 0.814. The van der Waals surface area contributed by atoms with Crippen molar-refractivity contribution in [1.29, 1.82) is 0 Å². The van der Waals surface area contributed by atoms with Gasteiger partial charge < -0.3 is 5.32 Å². The summed E-state index contributed by atoms with van der Waals surface area (Å²) in [7, 11) is 1.89. The van der Waals surface area contributed by atoms with Gasteiger partial charge in [0.2, 0.25) is 0 Å². The first kappa shape index (κ1) is 8.74. The number of halogens is 1. The highest BCUT2D eigenvalue weighted by atomic mass is 127. The average Bonchev–Trinajstić information content (AvgIpc) is 2.17. The van der Waals surface area contributed by atoms with Crippen molar-refractivity contribution in [1.82, 2.24) is 4.98 Å². The number of nitrogens with one attached hydrogen (secondary N) is 1. The van der Waals surface area contributed by atoms with Gasteiger partial charge in [-0.05, 0) is 34.7 Å². The van der Waals surface area contributed by atoms with Crippen molar-refractivity contribution in [2.75, 3.05) is 12.4 Å². The molecule has 66 valence electrons. The first-order chi connectivity index (χ1) is 6.31. The molecule has 2 rings (SSSR count). The molecule has 0 aliphatic heterocycles. The summed E-state index contributed by atoms with van der Waals surface area (Å²) in [6.45, 7) is 0. The van der Waals surface area contributed by atoms with Crippen LogP contribution in [0.25, 0.3) is 10.9 Å². The number of rotatable bonds is 1. The van der Waals surface area contributed by atoms with Crippen LogP contribution in [-0.2, 0) is 0 Å². The molecule has 0 atom stereocenters. The van der Waals surface area contributed by atoms with E-state index in [1.54, 1.807) is 0 Å². The second kappa shape index (κ2) is 3.49. The van der Waals surface area contributed by atoms with Gasteiger partial charge in [-0.2, -0.15) is 0 Å². The van der Waals surface area contributed by atoms with Crippen LogP contribution >= 0.6 is 22.6 Å². The summed E-state index contributed by atoms with van der Waals surface area (Å²) in [5.41, 5.74) is 1.03.